The molecule has 1 aromatic heterocycles. The van der Waals surface area contributed by atoms with Crippen molar-refractivity contribution < 1.29 is 9.53 Å². The third kappa shape index (κ3) is 3.95. The number of aromatic amines is 1. The molecule has 0 unspecified atom stereocenters. The second kappa shape index (κ2) is 8.42. The van der Waals surface area contributed by atoms with Gasteiger partial charge in [-0.2, -0.15) is 0 Å². The Bertz CT molecular complexity index is 977. The minimum Gasteiger partial charge on any atom is -0.462 e. The zero-order chi connectivity index (χ0) is 20.4. The van der Waals surface area contributed by atoms with E-state index in [0.29, 0.717) is 6.42 Å². The lowest BCUT2D eigenvalue weighted by Gasteiger charge is -2.41. The van der Waals surface area contributed by atoms with Crippen LogP contribution in [0.2, 0.25) is 0 Å². The predicted octanol–water partition coefficient (Wildman–Crippen LogP) is 5.39. The third-order valence-corrected chi connectivity index (χ3v) is 5.77. The average Bonchev–Trinajstić information content (AvgIpc) is 3.08. The van der Waals surface area contributed by atoms with Crippen molar-refractivity contribution in [3.05, 3.63) is 71.4 Å². The molecule has 4 heteroatoms. The maximum Gasteiger partial charge on any atom is 0.323 e. The van der Waals surface area contributed by atoms with Crippen LogP contribution < -0.4 is 0 Å². The third-order valence-electron chi connectivity index (χ3n) is 5.77. The summed E-state index contributed by atoms with van der Waals surface area (Å²) in [7, 11) is 0. The largest absolute Gasteiger partial charge is 0.462 e. The van der Waals surface area contributed by atoms with Crippen LogP contribution in [0.25, 0.3) is 10.9 Å². The van der Waals surface area contributed by atoms with Crippen molar-refractivity contribution in [2.45, 2.75) is 64.8 Å². The first kappa shape index (κ1) is 19.7. The lowest BCUT2D eigenvalue weighted by atomic mass is 9.89. The molecule has 0 radical (unpaired) electrons. The number of esters is 1. The fraction of sp³-hybridized carbons (Fsp3) is 0.400. The molecule has 2 atom stereocenters. The molecule has 0 spiro atoms. The number of ether oxygens (including phenoxy) is 1. The number of hydrogen-bond acceptors (Lipinski definition) is 3. The number of nitrogens with zero attached hydrogens (tertiary/aromatic N) is 1. The summed E-state index contributed by atoms with van der Waals surface area (Å²) in [5.41, 5.74) is 4.90. The van der Waals surface area contributed by atoms with Crippen LogP contribution in [-0.2, 0) is 22.5 Å². The standard InChI is InChI=1S/C25H30N2O2/c1-4-10-22-24-20(19-13-8-9-14-21(19)26-24)15-23(25(28)29-17(2)3)27(22)16-18-11-6-5-7-12-18/h5-9,11-14,17,22-23,26H,4,10,15-16H2,1-3H3/t22-,23-/m0/s1. The van der Waals surface area contributed by atoms with Gasteiger partial charge >= 0.3 is 5.97 Å². The van der Waals surface area contributed by atoms with Gasteiger partial charge in [0.1, 0.15) is 6.04 Å². The highest BCUT2D eigenvalue weighted by molar-refractivity contribution is 5.87. The summed E-state index contributed by atoms with van der Waals surface area (Å²) in [5, 5.41) is 1.23. The number of nitrogens with one attached hydrogen (secondary N) is 1. The minimum absolute atomic E-state index is 0.116. The second-order valence-electron chi connectivity index (χ2n) is 8.23. The van der Waals surface area contributed by atoms with Crippen molar-refractivity contribution in [1.29, 1.82) is 0 Å². The quantitative estimate of drug-likeness (QED) is 0.574. The molecule has 152 valence electrons. The summed E-state index contributed by atoms with van der Waals surface area (Å²) in [5.74, 6) is -0.118. The predicted molar refractivity (Wildman–Crippen MR) is 117 cm³/mol. The van der Waals surface area contributed by atoms with E-state index in [-0.39, 0.29) is 24.2 Å². The van der Waals surface area contributed by atoms with Crippen LogP contribution in [0.15, 0.2) is 54.6 Å². The monoisotopic (exact) mass is 390 g/mol. The molecule has 2 heterocycles. The fourth-order valence-electron chi connectivity index (χ4n) is 4.55. The summed E-state index contributed by atoms with van der Waals surface area (Å²) in [4.78, 5) is 19.2. The van der Waals surface area contributed by atoms with Crippen LogP contribution in [0.5, 0.6) is 0 Å². The number of benzene rings is 2. The first-order chi connectivity index (χ1) is 14.1. The van der Waals surface area contributed by atoms with Gasteiger partial charge in [0.15, 0.2) is 0 Å². The molecular formula is C25H30N2O2. The Labute approximate surface area is 172 Å². The number of fused-ring (bicyclic) bond motifs is 3. The Hall–Kier alpha value is -2.59. The Morgan fingerprint density at radius 1 is 1.14 bits per heavy atom. The van der Waals surface area contributed by atoms with Crippen LogP contribution >= 0.6 is 0 Å². The molecule has 0 saturated heterocycles. The van der Waals surface area contributed by atoms with Gasteiger partial charge in [-0.05, 0) is 37.5 Å². The van der Waals surface area contributed by atoms with Gasteiger partial charge in [0.2, 0.25) is 0 Å². The van der Waals surface area contributed by atoms with E-state index in [4.69, 9.17) is 4.74 Å². The Morgan fingerprint density at radius 3 is 2.59 bits per heavy atom. The SMILES string of the molecule is CCC[C@H]1c2[nH]c3ccccc3c2C[C@@H](C(=O)OC(C)C)N1Cc1ccccc1. The van der Waals surface area contributed by atoms with Crippen LogP contribution in [0.1, 0.15) is 56.5 Å². The average molecular weight is 391 g/mol. The number of para-hydroxylation sites is 1. The van der Waals surface area contributed by atoms with E-state index in [1.165, 1.54) is 22.2 Å². The highest BCUT2D eigenvalue weighted by Gasteiger charge is 2.40. The van der Waals surface area contributed by atoms with E-state index < -0.39 is 0 Å². The Kier molecular flexibility index (Phi) is 5.72. The van der Waals surface area contributed by atoms with Gasteiger partial charge in [-0.1, -0.05) is 61.9 Å². The molecule has 0 bridgehead atoms. The van der Waals surface area contributed by atoms with Crippen molar-refractivity contribution >= 4 is 16.9 Å². The molecule has 0 amide bonds. The number of rotatable bonds is 6. The van der Waals surface area contributed by atoms with Crippen molar-refractivity contribution in [1.82, 2.24) is 9.88 Å². The molecule has 29 heavy (non-hydrogen) atoms. The van der Waals surface area contributed by atoms with Crippen LogP contribution in [0.4, 0.5) is 0 Å². The normalized spacial score (nSPS) is 19.4. The van der Waals surface area contributed by atoms with Crippen molar-refractivity contribution in [2.75, 3.05) is 0 Å². The summed E-state index contributed by atoms with van der Waals surface area (Å²) in [6, 6.07) is 18.7. The summed E-state index contributed by atoms with van der Waals surface area (Å²) >= 11 is 0. The molecule has 0 aliphatic carbocycles. The van der Waals surface area contributed by atoms with Crippen molar-refractivity contribution in [3.63, 3.8) is 0 Å². The number of H-pyrrole nitrogens is 1. The minimum atomic E-state index is -0.277. The fourth-order valence-corrected chi connectivity index (χ4v) is 4.55. The number of carbonyl (C=O) groups excluding carboxylic acids is 1. The van der Waals surface area contributed by atoms with Gasteiger partial charge < -0.3 is 9.72 Å². The number of aromatic nitrogens is 1. The van der Waals surface area contributed by atoms with E-state index in [1.54, 1.807) is 0 Å². The van der Waals surface area contributed by atoms with E-state index >= 15 is 0 Å². The molecule has 1 aliphatic heterocycles. The van der Waals surface area contributed by atoms with E-state index in [1.807, 2.05) is 19.9 Å². The first-order valence-corrected chi connectivity index (χ1v) is 10.7. The zero-order valence-corrected chi connectivity index (χ0v) is 17.5. The van der Waals surface area contributed by atoms with Gasteiger partial charge in [0.25, 0.3) is 0 Å². The zero-order valence-electron chi connectivity index (χ0n) is 17.5. The Balaban J connectivity index is 1.80. The smallest absolute Gasteiger partial charge is 0.323 e. The first-order valence-electron chi connectivity index (χ1n) is 10.7. The van der Waals surface area contributed by atoms with Gasteiger partial charge in [-0.15, -0.1) is 0 Å². The van der Waals surface area contributed by atoms with E-state index in [9.17, 15) is 4.79 Å². The molecule has 0 fully saturated rings. The summed E-state index contributed by atoms with van der Waals surface area (Å²) < 4.78 is 5.70. The maximum absolute atomic E-state index is 13.2. The Morgan fingerprint density at radius 2 is 1.86 bits per heavy atom. The highest BCUT2D eigenvalue weighted by Crippen LogP contribution is 2.40. The van der Waals surface area contributed by atoms with Crippen LogP contribution in [0, 0.1) is 0 Å². The molecule has 1 N–H and O–H groups in total. The van der Waals surface area contributed by atoms with E-state index in [0.717, 1.165) is 24.9 Å². The molecule has 4 rings (SSSR count). The van der Waals surface area contributed by atoms with Gasteiger partial charge in [0, 0.05) is 29.6 Å². The summed E-state index contributed by atoms with van der Waals surface area (Å²) in [6.07, 6.45) is 2.61. The molecular weight excluding hydrogens is 360 g/mol. The van der Waals surface area contributed by atoms with Crippen molar-refractivity contribution in [3.8, 4) is 0 Å². The lowest BCUT2D eigenvalue weighted by Crippen LogP contribution is -2.48. The van der Waals surface area contributed by atoms with Gasteiger partial charge in [-0.3, -0.25) is 9.69 Å². The van der Waals surface area contributed by atoms with Crippen molar-refractivity contribution in [2.24, 2.45) is 0 Å². The lowest BCUT2D eigenvalue weighted by molar-refractivity contribution is -0.156. The molecule has 1 aliphatic rings. The van der Waals surface area contributed by atoms with Gasteiger partial charge in [0.05, 0.1) is 12.1 Å². The topological polar surface area (TPSA) is 45.3 Å². The second-order valence-corrected chi connectivity index (χ2v) is 8.23. The van der Waals surface area contributed by atoms with Gasteiger partial charge in [-0.25, -0.2) is 0 Å². The van der Waals surface area contributed by atoms with Crippen LogP contribution in [-0.4, -0.2) is 28.0 Å². The molecule has 3 aromatic rings. The molecule has 2 aromatic carbocycles. The molecule has 0 saturated carbocycles. The van der Waals surface area contributed by atoms with E-state index in [2.05, 4.69) is 65.3 Å². The molecule has 4 nitrogen and oxygen atoms in total. The number of carbonyl (C=O) groups is 1. The summed E-state index contributed by atoms with van der Waals surface area (Å²) in [6.45, 7) is 6.78. The maximum atomic E-state index is 13.2. The highest BCUT2D eigenvalue weighted by atomic mass is 16.5. The van der Waals surface area contributed by atoms with Crippen LogP contribution in [0.3, 0.4) is 0 Å². The number of hydrogen-bond donors (Lipinski definition) is 1.